The second-order valence-electron chi connectivity index (χ2n) is 7.03. The van der Waals surface area contributed by atoms with Crippen molar-refractivity contribution in [3.63, 3.8) is 0 Å². The van der Waals surface area contributed by atoms with E-state index in [4.69, 9.17) is 10.5 Å². The number of ether oxygens (including phenoxy) is 1. The molecular formula is C20H27N5O2S. The number of carbonyl (C=O) groups is 1. The number of nitrogens with zero attached hydrogens (tertiary/aromatic N) is 3. The fraction of sp³-hybridized carbons (Fsp3) is 0.450. The Morgan fingerprint density at radius 1 is 1.36 bits per heavy atom. The summed E-state index contributed by atoms with van der Waals surface area (Å²) >= 11 is 1.62. The molecule has 0 radical (unpaired) electrons. The van der Waals surface area contributed by atoms with Crippen LogP contribution in [0.3, 0.4) is 0 Å². The van der Waals surface area contributed by atoms with E-state index < -0.39 is 11.9 Å². The van der Waals surface area contributed by atoms with Gasteiger partial charge in [-0.2, -0.15) is 4.98 Å². The molecule has 1 amide bonds. The van der Waals surface area contributed by atoms with E-state index in [-0.39, 0.29) is 6.10 Å². The summed E-state index contributed by atoms with van der Waals surface area (Å²) in [6.45, 7) is 7.96. The largest absolute Gasteiger partial charge is 0.491 e. The van der Waals surface area contributed by atoms with Gasteiger partial charge >= 0.3 is 0 Å². The van der Waals surface area contributed by atoms with E-state index in [0.717, 1.165) is 29.9 Å². The maximum absolute atomic E-state index is 12.2. The summed E-state index contributed by atoms with van der Waals surface area (Å²) in [5.74, 6) is 1.89. The average Bonchev–Trinajstić information content (AvgIpc) is 3.03. The van der Waals surface area contributed by atoms with E-state index >= 15 is 0 Å². The first-order valence-electron chi connectivity index (χ1n) is 9.54. The first-order chi connectivity index (χ1) is 13.4. The zero-order chi connectivity index (χ0) is 20.3. The number of carbonyl (C=O) groups excluding carboxylic acids is 1. The second-order valence-corrected chi connectivity index (χ2v) is 8.09. The molecular weight excluding hydrogens is 374 g/mol. The zero-order valence-electron chi connectivity index (χ0n) is 16.7. The number of nitrogens with one attached hydrogen (secondary N) is 1. The van der Waals surface area contributed by atoms with Gasteiger partial charge in [0.25, 0.3) is 0 Å². The monoisotopic (exact) mass is 401 g/mol. The van der Waals surface area contributed by atoms with Crippen LogP contribution in [-0.4, -0.2) is 32.5 Å². The first-order valence-corrected chi connectivity index (χ1v) is 10.5. The van der Waals surface area contributed by atoms with Crippen molar-refractivity contribution in [2.75, 3.05) is 11.1 Å². The summed E-state index contributed by atoms with van der Waals surface area (Å²) in [6.07, 6.45) is 2.32. The molecule has 1 aromatic carbocycles. The quantitative estimate of drug-likeness (QED) is 0.517. The fourth-order valence-electron chi connectivity index (χ4n) is 3.13. The van der Waals surface area contributed by atoms with Crippen LogP contribution in [0.4, 0.5) is 5.95 Å². The molecule has 1 unspecified atom stereocenters. The molecule has 1 aromatic heterocycles. The van der Waals surface area contributed by atoms with Gasteiger partial charge in [0.1, 0.15) is 11.8 Å². The lowest BCUT2D eigenvalue weighted by atomic mass is 9.95. The Balaban J connectivity index is 1.97. The van der Waals surface area contributed by atoms with Crippen molar-refractivity contribution in [3.05, 3.63) is 41.1 Å². The number of rotatable bonds is 8. The molecule has 0 spiro atoms. The first kappa shape index (κ1) is 20.3. The minimum Gasteiger partial charge on any atom is -0.491 e. The van der Waals surface area contributed by atoms with Crippen LogP contribution in [0.2, 0.25) is 0 Å². The molecule has 28 heavy (non-hydrogen) atoms. The summed E-state index contributed by atoms with van der Waals surface area (Å²) in [6, 6.07) is 7.27. The van der Waals surface area contributed by atoms with E-state index in [9.17, 15) is 4.79 Å². The highest BCUT2D eigenvalue weighted by atomic mass is 32.2. The summed E-state index contributed by atoms with van der Waals surface area (Å²) in [7, 11) is 0. The fourth-order valence-corrected chi connectivity index (χ4v) is 4.04. The molecule has 1 atom stereocenters. The van der Waals surface area contributed by atoms with Crippen molar-refractivity contribution in [2.24, 2.45) is 5.73 Å². The molecule has 150 valence electrons. The molecule has 0 saturated carbocycles. The van der Waals surface area contributed by atoms with Gasteiger partial charge in [-0.1, -0.05) is 37.2 Å². The standard InChI is InChI=1S/C20H27N5O2S/c1-5-6-11-28-20-23-19-22-13(4)16(18(21)26)17(25(19)24-20)14-7-9-15(10-8-14)27-12(2)3/h7-10,12,17H,5-6,11H2,1-4H3,(H2,21,26)(H,22,23,24). The van der Waals surface area contributed by atoms with Crippen LogP contribution < -0.4 is 15.8 Å². The molecule has 0 bridgehead atoms. The number of benzene rings is 1. The summed E-state index contributed by atoms with van der Waals surface area (Å²) in [5.41, 5.74) is 7.80. The number of nitrogens with two attached hydrogens (primary N) is 1. The molecule has 2 aromatic rings. The van der Waals surface area contributed by atoms with Crippen molar-refractivity contribution in [2.45, 2.75) is 57.8 Å². The second kappa shape index (κ2) is 8.68. The van der Waals surface area contributed by atoms with Crippen molar-refractivity contribution in [3.8, 4) is 5.75 Å². The Morgan fingerprint density at radius 3 is 2.68 bits per heavy atom. The lowest BCUT2D eigenvalue weighted by molar-refractivity contribution is -0.115. The van der Waals surface area contributed by atoms with Crippen LogP contribution in [-0.2, 0) is 4.79 Å². The predicted octanol–water partition coefficient (Wildman–Crippen LogP) is 3.73. The number of aromatic nitrogens is 3. The molecule has 7 nitrogen and oxygen atoms in total. The smallest absolute Gasteiger partial charge is 0.248 e. The normalized spacial score (nSPS) is 16.1. The lowest BCUT2D eigenvalue weighted by Crippen LogP contribution is -2.31. The topological polar surface area (TPSA) is 95.1 Å². The van der Waals surface area contributed by atoms with E-state index in [0.29, 0.717) is 22.4 Å². The number of allylic oxidation sites excluding steroid dienone is 1. The van der Waals surface area contributed by atoms with Gasteiger partial charge in [-0.25, -0.2) is 4.68 Å². The van der Waals surface area contributed by atoms with Gasteiger partial charge in [0.2, 0.25) is 17.0 Å². The van der Waals surface area contributed by atoms with Gasteiger partial charge < -0.3 is 15.8 Å². The number of hydrogen-bond donors (Lipinski definition) is 2. The SMILES string of the molecule is CCCCSc1nc2n(n1)C(c1ccc(OC(C)C)cc1)C(C(N)=O)=C(C)N2. The molecule has 1 aliphatic heterocycles. The van der Waals surface area contributed by atoms with Gasteiger partial charge in [-0.05, 0) is 44.9 Å². The van der Waals surface area contributed by atoms with Crippen LogP contribution >= 0.6 is 11.8 Å². The number of hydrogen-bond acceptors (Lipinski definition) is 6. The molecule has 1 aliphatic rings. The van der Waals surface area contributed by atoms with Gasteiger partial charge in [0.15, 0.2) is 0 Å². The van der Waals surface area contributed by atoms with Crippen LogP contribution in [0, 0.1) is 0 Å². The van der Waals surface area contributed by atoms with Crippen molar-refractivity contribution in [1.29, 1.82) is 0 Å². The molecule has 8 heteroatoms. The highest BCUT2D eigenvalue weighted by Gasteiger charge is 2.33. The molecule has 0 fully saturated rings. The number of amides is 1. The van der Waals surface area contributed by atoms with Gasteiger partial charge in [0, 0.05) is 11.4 Å². The maximum Gasteiger partial charge on any atom is 0.248 e. The maximum atomic E-state index is 12.2. The Bertz CT molecular complexity index is 873. The number of thioether (sulfide) groups is 1. The van der Waals surface area contributed by atoms with Crippen LogP contribution in [0.25, 0.3) is 0 Å². The minimum atomic E-state index is -0.473. The third-order valence-electron chi connectivity index (χ3n) is 4.40. The number of primary amides is 1. The molecule has 3 rings (SSSR count). The Morgan fingerprint density at radius 2 is 2.07 bits per heavy atom. The van der Waals surface area contributed by atoms with E-state index in [1.165, 1.54) is 0 Å². The van der Waals surface area contributed by atoms with E-state index in [1.807, 2.05) is 45.0 Å². The highest BCUT2D eigenvalue weighted by molar-refractivity contribution is 7.99. The summed E-state index contributed by atoms with van der Waals surface area (Å²) < 4.78 is 7.48. The van der Waals surface area contributed by atoms with Gasteiger partial charge in [0.05, 0.1) is 11.7 Å². The summed E-state index contributed by atoms with van der Waals surface area (Å²) in [5, 5.41) is 8.51. The van der Waals surface area contributed by atoms with Gasteiger partial charge in [-0.15, -0.1) is 5.10 Å². The zero-order valence-corrected chi connectivity index (χ0v) is 17.5. The van der Waals surface area contributed by atoms with Gasteiger partial charge in [-0.3, -0.25) is 4.79 Å². The molecule has 0 saturated heterocycles. The molecule has 3 N–H and O–H groups in total. The average molecular weight is 402 g/mol. The molecule has 0 aliphatic carbocycles. The van der Waals surface area contributed by atoms with Crippen LogP contribution in [0.5, 0.6) is 5.75 Å². The minimum absolute atomic E-state index is 0.0951. The van der Waals surface area contributed by atoms with Crippen molar-refractivity contribution in [1.82, 2.24) is 14.8 Å². The van der Waals surface area contributed by atoms with E-state index in [2.05, 4.69) is 22.3 Å². The van der Waals surface area contributed by atoms with Crippen molar-refractivity contribution < 1.29 is 9.53 Å². The lowest BCUT2D eigenvalue weighted by Gasteiger charge is -2.27. The Hall–Kier alpha value is -2.48. The summed E-state index contributed by atoms with van der Waals surface area (Å²) in [4.78, 5) is 16.8. The Labute approximate surface area is 169 Å². The van der Waals surface area contributed by atoms with Crippen molar-refractivity contribution >= 4 is 23.6 Å². The number of fused-ring (bicyclic) bond motifs is 1. The van der Waals surface area contributed by atoms with Crippen LogP contribution in [0.1, 0.15) is 52.1 Å². The highest BCUT2D eigenvalue weighted by Crippen LogP contribution is 2.36. The number of unbranched alkanes of at least 4 members (excludes halogenated alkanes) is 1. The van der Waals surface area contributed by atoms with E-state index in [1.54, 1.807) is 16.4 Å². The third-order valence-corrected chi connectivity index (χ3v) is 5.32. The Kier molecular flexibility index (Phi) is 6.28. The number of anilines is 1. The van der Waals surface area contributed by atoms with Crippen LogP contribution in [0.15, 0.2) is 40.7 Å². The predicted molar refractivity (Wildman–Crippen MR) is 112 cm³/mol. The molecule has 2 heterocycles. The third kappa shape index (κ3) is 4.32.